The van der Waals surface area contributed by atoms with Crippen LogP contribution in [0.1, 0.15) is 12.8 Å². The highest BCUT2D eigenvalue weighted by molar-refractivity contribution is 8.00. The summed E-state index contributed by atoms with van der Waals surface area (Å²) in [6, 6.07) is 0. The van der Waals surface area contributed by atoms with Crippen molar-refractivity contribution in [1.29, 1.82) is 0 Å². The molecule has 1 fully saturated rings. The van der Waals surface area contributed by atoms with Gasteiger partial charge in [0.25, 0.3) is 0 Å². The van der Waals surface area contributed by atoms with Gasteiger partial charge in [0.1, 0.15) is 0 Å². The van der Waals surface area contributed by atoms with E-state index in [-0.39, 0.29) is 0 Å². The van der Waals surface area contributed by atoms with Gasteiger partial charge in [-0.25, -0.2) is 0 Å². The Morgan fingerprint density at radius 2 is 2.17 bits per heavy atom. The Labute approximate surface area is 78.5 Å². The van der Waals surface area contributed by atoms with E-state index >= 15 is 0 Å². The molecule has 1 saturated heterocycles. The van der Waals surface area contributed by atoms with E-state index in [9.17, 15) is 0 Å². The van der Waals surface area contributed by atoms with Crippen LogP contribution in [0.5, 0.6) is 0 Å². The molecule has 0 unspecified atom stereocenters. The van der Waals surface area contributed by atoms with Gasteiger partial charge in [0.05, 0.1) is 0 Å². The lowest BCUT2D eigenvalue weighted by Crippen LogP contribution is -2.18. The second-order valence-corrected chi connectivity index (χ2v) is 4.37. The van der Waals surface area contributed by atoms with Crippen molar-refractivity contribution in [3.63, 3.8) is 0 Å². The quantitative estimate of drug-likeness (QED) is 0.676. The third kappa shape index (κ3) is 3.61. The van der Waals surface area contributed by atoms with Crippen LogP contribution in [0.4, 0.5) is 0 Å². The predicted molar refractivity (Wildman–Crippen MR) is 54.5 cm³/mol. The summed E-state index contributed by atoms with van der Waals surface area (Å²) in [6.07, 6.45) is 2.37. The zero-order valence-electron chi connectivity index (χ0n) is 7.42. The number of hydrogen-bond acceptors (Lipinski definition) is 3. The highest BCUT2D eigenvalue weighted by atomic mass is 32.2. The summed E-state index contributed by atoms with van der Waals surface area (Å²) in [6.45, 7) is 6.35. The first-order chi connectivity index (χ1) is 5.83. The van der Waals surface area contributed by atoms with Crippen molar-refractivity contribution in [3.8, 4) is 0 Å². The Morgan fingerprint density at radius 3 is 2.75 bits per heavy atom. The van der Waals surface area contributed by atoms with E-state index < -0.39 is 0 Å². The lowest BCUT2D eigenvalue weighted by atomic mass is 10.2. The van der Waals surface area contributed by atoms with E-state index in [1.807, 2.05) is 11.8 Å². The molecule has 70 valence electrons. The second kappa shape index (κ2) is 5.62. The van der Waals surface area contributed by atoms with Crippen LogP contribution in [0.2, 0.25) is 0 Å². The Bertz CT molecular complexity index is 143. The molecule has 1 heterocycles. The summed E-state index contributed by atoms with van der Waals surface area (Å²) < 4.78 is 5.27. The van der Waals surface area contributed by atoms with Crippen LogP contribution in [0.3, 0.4) is 0 Å². The van der Waals surface area contributed by atoms with Gasteiger partial charge in [-0.1, -0.05) is 12.2 Å². The van der Waals surface area contributed by atoms with Crippen LogP contribution in [-0.4, -0.2) is 30.8 Å². The van der Waals surface area contributed by atoms with Gasteiger partial charge >= 0.3 is 0 Å². The minimum absolute atomic E-state index is 0.621. The third-order valence-electron chi connectivity index (χ3n) is 1.98. The van der Waals surface area contributed by atoms with Gasteiger partial charge in [-0.15, -0.1) is 0 Å². The summed E-state index contributed by atoms with van der Waals surface area (Å²) in [5.74, 6) is 1.02. The van der Waals surface area contributed by atoms with E-state index in [4.69, 9.17) is 10.5 Å². The largest absolute Gasteiger partial charge is 0.381 e. The molecule has 0 saturated carbocycles. The maximum atomic E-state index is 5.45. The smallest absolute Gasteiger partial charge is 0.0476 e. The molecule has 0 radical (unpaired) electrons. The molecule has 0 aromatic heterocycles. The molecule has 3 heteroatoms. The summed E-state index contributed by atoms with van der Waals surface area (Å²) >= 11 is 1.97. The third-order valence-corrected chi connectivity index (χ3v) is 3.50. The molecular formula is C9H17NOS. The van der Waals surface area contributed by atoms with E-state index in [1.165, 1.54) is 12.8 Å². The molecule has 0 spiro atoms. The fourth-order valence-electron chi connectivity index (χ4n) is 1.14. The van der Waals surface area contributed by atoms with Gasteiger partial charge < -0.3 is 10.5 Å². The average Bonchev–Trinajstić information content (AvgIpc) is 2.16. The minimum Gasteiger partial charge on any atom is -0.381 e. The van der Waals surface area contributed by atoms with Crippen LogP contribution >= 0.6 is 11.8 Å². The molecule has 1 aliphatic heterocycles. The lowest BCUT2D eigenvalue weighted by molar-refractivity contribution is 0.100. The fraction of sp³-hybridized carbons (Fsp3) is 0.778. The van der Waals surface area contributed by atoms with Gasteiger partial charge in [-0.05, 0) is 12.8 Å². The first kappa shape index (κ1) is 10.1. The molecule has 0 atom stereocenters. The van der Waals surface area contributed by atoms with Gasteiger partial charge in [0.2, 0.25) is 0 Å². The molecule has 0 aromatic carbocycles. The number of rotatable bonds is 4. The molecule has 0 bridgehead atoms. The van der Waals surface area contributed by atoms with Crippen molar-refractivity contribution in [2.24, 2.45) is 5.73 Å². The van der Waals surface area contributed by atoms with Gasteiger partial charge in [0.15, 0.2) is 0 Å². The van der Waals surface area contributed by atoms with Crippen LogP contribution in [0, 0.1) is 0 Å². The van der Waals surface area contributed by atoms with E-state index in [1.54, 1.807) is 0 Å². The van der Waals surface area contributed by atoms with Crippen LogP contribution in [0.25, 0.3) is 0 Å². The predicted octanol–water partition coefficient (Wildman–Crippen LogP) is 1.41. The van der Waals surface area contributed by atoms with Crippen molar-refractivity contribution in [2.45, 2.75) is 18.1 Å². The molecule has 12 heavy (non-hydrogen) atoms. The fourth-order valence-corrected chi connectivity index (χ4v) is 2.25. The first-order valence-corrected chi connectivity index (χ1v) is 5.44. The van der Waals surface area contributed by atoms with Crippen molar-refractivity contribution < 1.29 is 4.74 Å². The van der Waals surface area contributed by atoms with E-state index in [0.29, 0.717) is 6.54 Å². The van der Waals surface area contributed by atoms with Crippen molar-refractivity contribution in [3.05, 3.63) is 12.2 Å². The molecule has 2 nitrogen and oxygen atoms in total. The Balaban J connectivity index is 2.09. The molecule has 0 aliphatic carbocycles. The maximum Gasteiger partial charge on any atom is 0.0476 e. The molecular weight excluding hydrogens is 170 g/mol. The normalized spacial score (nSPS) is 19.4. The highest BCUT2D eigenvalue weighted by Crippen LogP contribution is 2.23. The van der Waals surface area contributed by atoms with Crippen molar-refractivity contribution >= 4 is 11.8 Å². The number of nitrogens with two attached hydrogens (primary N) is 1. The number of ether oxygens (including phenoxy) is 1. The average molecular weight is 187 g/mol. The zero-order chi connectivity index (χ0) is 8.81. The summed E-state index contributed by atoms with van der Waals surface area (Å²) in [5, 5.41) is 0.766. The SMILES string of the molecule is C=C(CN)CSC1CCOCC1. The van der Waals surface area contributed by atoms with Crippen LogP contribution in [0.15, 0.2) is 12.2 Å². The second-order valence-electron chi connectivity index (χ2n) is 3.08. The Hall–Kier alpha value is 0.01000. The summed E-state index contributed by atoms with van der Waals surface area (Å²) in [5.41, 5.74) is 6.59. The van der Waals surface area contributed by atoms with Crippen molar-refractivity contribution in [1.82, 2.24) is 0 Å². The molecule has 2 N–H and O–H groups in total. The molecule has 1 rings (SSSR count). The Kier molecular flexibility index (Phi) is 4.73. The Morgan fingerprint density at radius 1 is 1.50 bits per heavy atom. The van der Waals surface area contributed by atoms with Crippen LogP contribution < -0.4 is 5.73 Å². The number of hydrogen-bond donors (Lipinski definition) is 1. The van der Waals surface area contributed by atoms with Gasteiger partial charge in [-0.3, -0.25) is 0 Å². The monoisotopic (exact) mass is 187 g/mol. The van der Waals surface area contributed by atoms with Gasteiger partial charge in [-0.2, -0.15) is 11.8 Å². The standard InChI is InChI=1S/C9H17NOS/c1-8(6-10)7-12-9-2-4-11-5-3-9/h9H,1-7,10H2. The highest BCUT2D eigenvalue weighted by Gasteiger charge is 2.13. The van der Waals surface area contributed by atoms with E-state index in [2.05, 4.69) is 6.58 Å². The zero-order valence-corrected chi connectivity index (χ0v) is 8.24. The van der Waals surface area contributed by atoms with Crippen molar-refractivity contribution in [2.75, 3.05) is 25.5 Å². The maximum absolute atomic E-state index is 5.45. The number of thioether (sulfide) groups is 1. The lowest BCUT2D eigenvalue weighted by Gasteiger charge is -2.21. The van der Waals surface area contributed by atoms with Gasteiger partial charge in [0, 0.05) is 30.8 Å². The summed E-state index contributed by atoms with van der Waals surface area (Å²) in [4.78, 5) is 0. The molecule has 1 aliphatic rings. The molecule has 0 aromatic rings. The van der Waals surface area contributed by atoms with Crippen LogP contribution in [-0.2, 0) is 4.74 Å². The summed E-state index contributed by atoms with van der Waals surface area (Å²) in [7, 11) is 0. The minimum atomic E-state index is 0.621. The topological polar surface area (TPSA) is 35.2 Å². The first-order valence-electron chi connectivity index (χ1n) is 4.39. The molecule has 0 amide bonds. The van der Waals surface area contributed by atoms with E-state index in [0.717, 1.165) is 29.8 Å².